The lowest BCUT2D eigenvalue weighted by atomic mass is 10.1. The fourth-order valence-electron chi connectivity index (χ4n) is 2.94. The molecule has 2 aliphatic rings. The maximum Gasteiger partial charge on any atom is 0.239 e. The van der Waals surface area contributed by atoms with Crippen LogP contribution >= 0.6 is 0 Å². The molecule has 17 heavy (non-hydrogen) atoms. The van der Waals surface area contributed by atoms with E-state index in [1.165, 1.54) is 19.3 Å². The number of carbonyl (C=O) groups excluding carboxylic acids is 1. The first-order valence-corrected chi connectivity index (χ1v) is 6.95. The summed E-state index contributed by atoms with van der Waals surface area (Å²) in [5.74, 6) is 0.911. The summed E-state index contributed by atoms with van der Waals surface area (Å²) in [4.78, 5) is 16.7. The summed E-state index contributed by atoms with van der Waals surface area (Å²) in [6.07, 6.45) is 4.76. The fourth-order valence-corrected chi connectivity index (χ4v) is 2.94. The van der Waals surface area contributed by atoms with E-state index < -0.39 is 0 Å². The van der Waals surface area contributed by atoms with Gasteiger partial charge in [0.1, 0.15) is 0 Å². The van der Waals surface area contributed by atoms with Crippen molar-refractivity contribution in [3.8, 4) is 0 Å². The van der Waals surface area contributed by atoms with Crippen LogP contribution in [0.4, 0.5) is 0 Å². The van der Waals surface area contributed by atoms with Crippen LogP contribution in [-0.2, 0) is 4.79 Å². The SMILES string of the molecule is CC(C(=O)N1CCCCC1)N1CCC(CN)C1. The van der Waals surface area contributed by atoms with Crippen LogP contribution < -0.4 is 5.73 Å². The number of nitrogens with zero attached hydrogens (tertiary/aromatic N) is 2. The van der Waals surface area contributed by atoms with Crippen molar-refractivity contribution in [2.24, 2.45) is 11.7 Å². The Hall–Kier alpha value is -0.610. The van der Waals surface area contributed by atoms with Gasteiger partial charge in [0.05, 0.1) is 6.04 Å². The molecule has 2 aliphatic heterocycles. The molecule has 0 aromatic heterocycles. The summed E-state index contributed by atoms with van der Waals surface area (Å²) in [6.45, 7) is 6.74. The third kappa shape index (κ3) is 2.99. The number of likely N-dealkylation sites (tertiary alicyclic amines) is 2. The topological polar surface area (TPSA) is 49.6 Å². The van der Waals surface area contributed by atoms with E-state index in [1.807, 2.05) is 4.90 Å². The van der Waals surface area contributed by atoms with Gasteiger partial charge in [-0.15, -0.1) is 0 Å². The summed E-state index contributed by atoms with van der Waals surface area (Å²) in [7, 11) is 0. The first-order chi connectivity index (χ1) is 8.22. The maximum absolute atomic E-state index is 12.3. The van der Waals surface area contributed by atoms with Crippen molar-refractivity contribution in [2.45, 2.75) is 38.6 Å². The van der Waals surface area contributed by atoms with E-state index in [2.05, 4.69) is 11.8 Å². The highest BCUT2D eigenvalue weighted by Crippen LogP contribution is 2.19. The van der Waals surface area contributed by atoms with Crippen molar-refractivity contribution >= 4 is 5.91 Å². The van der Waals surface area contributed by atoms with Gasteiger partial charge in [-0.2, -0.15) is 0 Å². The Morgan fingerprint density at radius 2 is 2.00 bits per heavy atom. The van der Waals surface area contributed by atoms with Crippen molar-refractivity contribution in [2.75, 3.05) is 32.7 Å². The van der Waals surface area contributed by atoms with Crippen molar-refractivity contribution in [3.63, 3.8) is 0 Å². The molecule has 2 N–H and O–H groups in total. The Bertz CT molecular complexity index is 263. The van der Waals surface area contributed by atoms with E-state index in [0.29, 0.717) is 11.8 Å². The van der Waals surface area contributed by atoms with Gasteiger partial charge in [0.2, 0.25) is 5.91 Å². The lowest BCUT2D eigenvalue weighted by Gasteiger charge is -2.32. The van der Waals surface area contributed by atoms with E-state index in [-0.39, 0.29) is 6.04 Å². The molecule has 2 heterocycles. The van der Waals surface area contributed by atoms with Crippen molar-refractivity contribution in [1.29, 1.82) is 0 Å². The van der Waals surface area contributed by atoms with Gasteiger partial charge in [0.15, 0.2) is 0 Å². The molecular weight excluding hydrogens is 214 g/mol. The van der Waals surface area contributed by atoms with Gasteiger partial charge in [-0.25, -0.2) is 0 Å². The van der Waals surface area contributed by atoms with E-state index in [1.54, 1.807) is 0 Å². The zero-order valence-corrected chi connectivity index (χ0v) is 10.9. The molecule has 0 saturated carbocycles. The molecule has 0 bridgehead atoms. The first-order valence-electron chi connectivity index (χ1n) is 6.95. The molecule has 98 valence electrons. The molecule has 0 spiro atoms. The smallest absolute Gasteiger partial charge is 0.239 e. The van der Waals surface area contributed by atoms with E-state index in [9.17, 15) is 4.79 Å². The number of rotatable bonds is 3. The molecule has 2 atom stereocenters. The lowest BCUT2D eigenvalue weighted by Crippen LogP contribution is -2.48. The Balaban J connectivity index is 1.86. The van der Waals surface area contributed by atoms with Crippen molar-refractivity contribution < 1.29 is 4.79 Å². The van der Waals surface area contributed by atoms with Crippen LogP contribution in [0.15, 0.2) is 0 Å². The Morgan fingerprint density at radius 3 is 2.59 bits per heavy atom. The molecule has 0 aromatic carbocycles. The second-order valence-corrected chi connectivity index (χ2v) is 5.45. The molecule has 2 fully saturated rings. The minimum absolute atomic E-state index is 0.0460. The normalized spacial score (nSPS) is 28.4. The summed E-state index contributed by atoms with van der Waals surface area (Å²) < 4.78 is 0. The molecule has 0 aromatic rings. The predicted molar refractivity (Wildman–Crippen MR) is 68.6 cm³/mol. The van der Waals surface area contributed by atoms with Crippen molar-refractivity contribution in [1.82, 2.24) is 9.80 Å². The zero-order valence-electron chi connectivity index (χ0n) is 10.9. The highest BCUT2D eigenvalue weighted by Gasteiger charge is 2.31. The van der Waals surface area contributed by atoms with Crippen LogP contribution in [0.3, 0.4) is 0 Å². The average Bonchev–Trinajstić information content (AvgIpc) is 2.87. The number of piperidine rings is 1. The maximum atomic E-state index is 12.3. The second-order valence-electron chi connectivity index (χ2n) is 5.45. The van der Waals surface area contributed by atoms with Gasteiger partial charge in [-0.05, 0) is 51.6 Å². The number of hydrogen-bond acceptors (Lipinski definition) is 3. The minimum Gasteiger partial charge on any atom is -0.341 e. The molecule has 2 unspecified atom stereocenters. The predicted octanol–water partition coefficient (Wildman–Crippen LogP) is 0.668. The molecule has 2 rings (SSSR count). The third-order valence-corrected chi connectivity index (χ3v) is 4.22. The largest absolute Gasteiger partial charge is 0.341 e. The van der Waals surface area contributed by atoms with Gasteiger partial charge in [-0.1, -0.05) is 0 Å². The van der Waals surface area contributed by atoms with Gasteiger partial charge < -0.3 is 10.6 Å². The summed E-state index contributed by atoms with van der Waals surface area (Å²) in [5, 5.41) is 0. The molecular formula is C13H25N3O. The van der Waals surface area contributed by atoms with Crippen LogP contribution in [0.25, 0.3) is 0 Å². The second kappa shape index (κ2) is 5.83. The van der Waals surface area contributed by atoms with Crippen LogP contribution in [0.5, 0.6) is 0 Å². The molecule has 0 radical (unpaired) electrons. The molecule has 1 amide bonds. The van der Waals surface area contributed by atoms with Crippen LogP contribution in [-0.4, -0.2) is 54.5 Å². The molecule has 2 saturated heterocycles. The van der Waals surface area contributed by atoms with E-state index >= 15 is 0 Å². The van der Waals surface area contributed by atoms with Crippen LogP contribution in [0, 0.1) is 5.92 Å². The molecule has 0 aliphatic carbocycles. The van der Waals surface area contributed by atoms with Gasteiger partial charge in [0.25, 0.3) is 0 Å². The monoisotopic (exact) mass is 239 g/mol. The van der Waals surface area contributed by atoms with Crippen LogP contribution in [0.2, 0.25) is 0 Å². The first kappa shape index (κ1) is 12.8. The van der Waals surface area contributed by atoms with E-state index in [4.69, 9.17) is 5.73 Å². The van der Waals surface area contributed by atoms with Crippen molar-refractivity contribution in [3.05, 3.63) is 0 Å². The van der Waals surface area contributed by atoms with Gasteiger partial charge in [0, 0.05) is 19.6 Å². The fraction of sp³-hybridized carbons (Fsp3) is 0.923. The Labute approximate surface area is 104 Å². The standard InChI is InChI=1S/C13H25N3O/c1-11(16-8-5-12(9-14)10-16)13(17)15-6-3-2-4-7-15/h11-12H,2-10,14H2,1H3. The summed E-state index contributed by atoms with van der Waals surface area (Å²) >= 11 is 0. The number of amides is 1. The lowest BCUT2D eigenvalue weighted by molar-refractivity contribution is -0.137. The summed E-state index contributed by atoms with van der Waals surface area (Å²) in [6, 6.07) is 0.0460. The van der Waals surface area contributed by atoms with Crippen LogP contribution in [0.1, 0.15) is 32.6 Å². The quantitative estimate of drug-likeness (QED) is 0.787. The number of hydrogen-bond donors (Lipinski definition) is 1. The Morgan fingerprint density at radius 1 is 1.29 bits per heavy atom. The Kier molecular flexibility index (Phi) is 4.40. The summed E-state index contributed by atoms with van der Waals surface area (Å²) in [5.41, 5.74) is 5.69. The third-order valence-electron chi connectivity index (χ3n) is 4.22. The number of carbonyl (C=O) groups is 1. The minimum atomic E-state index is 0.0460. The highest BCUT2D eigenvalue weighted by atomic mass is 16.2. The zero-order chi connectivity index (χ0) is 12.3. The highest BCUT2D eigenvalue weighted by molar-refractivity contribution is 5.81. The van der Waals surface area contributed by atoms with Gasteiger partial charge in [-0.3, -0.25) is 9.69 Å². The molecule has 4 heteroatoms. The van der Waals surface area contributed by atoms with Gasteiger partial charge >= 0.3 is 0 Å². The number of nitrogens with two attached hydrogens (primary N) is 1. The molecule has 4 nitrogen and oxygen atoms in total. The average molecular weight is 239 g/mol. The van der Waals surface area contributed by atoms with E-state index in [0.717, 1.165) is 39.1 Å².